The molecular weight excluding hydrogens is 392 g/mol. The SMILES string of the molecule is CC(C)Oc1ccc(C(=O)N2CCN(c3ccc(OC4CCCCC4)nn3)CC2)cc1. The van der Waals surface area contributed by atoms with Gasteiger partial charge in [-0.15, -0.1) is 10.2 Å². The maximum absolute atomic E-state index is 12.8. The lowest BCUT2D eigenvalue weighted by Gasteiger charge is -2.35. The summed E-state index contributed by atoms with van der Waals surface area (Å²) in [7, 11) is 0. The first-order chi connectivity index (χ1) is 15.1. The summed E-state index contributed by atoms with van der Waals surface area (Å²) in [5.74, 6) is 2.27. The van der Waals surface area contributed by atoms with Gasteiger partial charge in [0.1, 0.15) is 11.9 Å². The molecule has 0 bridgehead atoms. The lowest BCUT2D eigenvalue weighted by atomic mass is 9.98. The van der Waals surface area contributed by atoms with Crippen LogP contribution < -0.4 is 14.4 Å². The van der Waals surface area contributed by atoms with Gasteiger partial charge in [0.25, 0.3) is 5.91 Å². The van der Waals surface area contributed by atoms with Crippen molar-refractivity contribution in [3.8, 4) is 11.6 Å². The third kappa shape index (κ3) is 5.66. The Morgan fingerprint density at radius 3 is 2.26 bits per heavy atom. The van der Waals surface area contributed by atoms with E-state index in [1.165, 1.54) is 19.3 Å². The third-order valence-electron chi connectivity index (χ3n) is 5.83. The normalized spacial score (nSPS) is 17.6. The number of benzene rings is 1. The van der Waals surface area contributed by atoms with Crippen LogP contribution in [-0.2, 0) is 0 Å². The second kappa shape index (κ2) is 9.98. The van der Waals surface area contributed by atoms with Crippen molar-refractivity contribution >= 4 is 11.7 Å². The monoisotopic (exact) mass is 424 g/mol. The topological polar surface area (TPSA) is 67.8 Å². The first kappa shape index (κ1) is 21.4. The average molecular weight is 425 g/mol. The molecule has 1 aromatic carbocycles. The van der Waals surface area contributed by atoms with Crippen LogP contribution in [0.2, 0.25) is 0 Å². The maximum atomic E-state index is 12.8. The van der Waals surface area contributed by atoms with Crippen LogP contribution in [0.25, 0.3) is 0 Å². The Morgan fingerprint density at radius 1 is 0.935 bits per heavy atom. The van der Waals surface area contributed by atoms with Crippen LogP contribution in [0.4, 0.5) is 5.82 Å². The van der Waals surface area contributed by atoms with Gasteiger partial charge in [0.05, 0.1) is 6.10 Å². The minimum Gasteiger partial charge on any atom is -0.491 e. The zero-order valence-corrected chi connectivity index (χ0v) is 18.5. The lowest BCUT2D eigenvalue weighted by Crippen LogP contribution is -2.49. The summed E-state index contributed by atoms with van der Waals surface area (Å²) >= 11 is 0. The number of carbonyl (C=O) groups is 1. The van der Waals surface area contributed by atoms with Gasteiger partial charge in [-0.2, -0.15) is 0 Å². The van der Waals surface area contributed by atoms with E-state index in [0.717, 1.165) is 37.5 Å². The predicted octanol–water partition coefficient (Wildman–Crippen LogP) is 3.94. The van der Waals surface area contributed by atoms with E-state index in [1.807, 2.05) is 55.1 Å². The van der Waals surface area contributed by atoms with Crippen molar-refractivity contribution in [3.63, 3.8) is 0 Å². The molecule has 7 heteroatoms. The van der Waals surface area contributed by atoms with Gasteiger partial charge in [0, 0.05) is 37.8 Å². The van der Waals surface area contributed by atoms with Crippen LogP contribution in [0.5, 0.6) is 11.6 Å². The Labute approximate surface area is 184 Å². The number of nitrogens with zero attached hydrogens (tertiary/aromatic N) is 4. The molecule has 0 unspecified atom stereocenters. The van der Waals surface area contributed by atoms with Gasteiger partial charge in [0.15, 0.2) is 5.82 Å². The summed E-state index contributed by atoms with van der Waals surface area (Å²) in [5, 5.41) is 8.63. The summed E-state index contributed by atoms with van der Waals surface area (Å²) < 4.78 is 11.6. The highest BCUT2D eigenvalue weighted by Gasteiger charge is 2.23. The largest absolute Gasteiger partial charge is 0.491 e. The fraction of sp³-hybridized carbons (Fsp3) is 0.542. The van der Waals surface area contributed by atoms with Crippen molar-refractivity contribution in [2.45, 2.75) is 58.2 Å². The summed E-state index contributed by atoms with van der Waals surface area (Å²) in [6.07, 6.45) is 6.36. The molecule has 2 heterocycles. The second-order valence-corrected chi connectivity index (χ2v) is 8.58. The first-order valence-corrected chi connectivity index (χ1v) is 11.4. The minimum atomic E-state index is 0.0538. The molecule has 1 aliphatic heterocycles. The fourth-order valence-electron chi connectivity index (χ4n) is 4.17. The molecule has 1 aliphatic carbocycles. The Balaban J connectivity index is 1.28. The molecule has 4 rings (SSSR count). The van der Waals surface area contributed by atoms with Crippen LogP contribution >= 0.6 is 0 Å². The molecular formula is C24H32N4O3. The molecule has 0 spiro atoms. The number of hydrogen-bond acceptors (Lipinski definition) is 6. The number of rotatable bonds is 6. The van der Waals surface area contributed by atoms with Crippen molar-refractivity contribution in [1.82, 2.24) is 15.1 Å². The van der Waals surface area contributed by atoms with E-state index < -0.39 is 0 Å². The molecule has 7 nitrogen and oxygen atoms in total. The summed E-state index contributed by atoms with van der Waals surface area (Å²) in [4.78, 5) is 16.9. The molecule has 2 fully saturated rings. The summed E-state index contributed by atoms with van der Waals surface area (Å²) in [6.45, 7) is 6.76. The van der Waals surface area contributed by atoms with Crippen LogP contribution in [0.1, 0.15) is 56.3 Å². The number of anilines is 1. The van der Waals surface area contributed by atoms with Crippen LogP contribution in [0.15, 0.2) is 36.4 Å². The van der Waals surface area contributed by atoms with Gasteiger partial charge >= 0.3 is 0 Å². The maximum Gasteiger partial charge on any atom is 0.253 e. The number of piperazine rings is 1. The Kier molecular flexibility index (Phi) is 6.89. The highest BCUT2D eigenvalue weighted by Crippen LogP contribution is 2.23. The van der Waals surface area contributed by atoms with Gasteiger partial charge < -0.3 is 19.3 Å². The lowest BCUT2D eigenvalue weighted by molar-refractivity contribution is 0.0746. The van der Waals surface area contributed by atoms with E-state index >= 15 is 0 Å². The Bertz CT molecular complexity index is 840. The standard InChI is InChI=1S/C24H32N4O3/c1-18(2)30-21-10-8-19(9-11-21)24(29)28-16-14-27(15-17-28)22-12-13-23(26-25-22)31-20-6-4-3-5-7-20/h8-13,18,20H,3-7,14-17H2,1-2H3. The van der Waals surface area contributed by atoms with E-state index in [2.05, 4.69) is 15.1 Å². The quantitative estimate of drug-likeness (QED) is 0.700. The van der Waals surface area contributed by atoms with Crippen molar-refractivity contribution in [2.75, 3.05) is 31.1 Å². The van der Waals surface area contributed by atoms with Gasteiger partial charge in [-0.1, -0.05) is 6.42 Å². The molecule has 31 heavy (non-hydrogen) atoms. The highest BCUT2D eigenvalue weighted by atomic mass is 16.5. The molecule has 2 aliphatic rings. The predicted molar refractivity (Wildman–Crippen MR) is 120 cm³/mol. The molecule has 1 amide bonds. The van der Waals surface area contributed by atoms with Crippen molar-refractivity contribution < 1.29 is 14.3 Å². The summed E-state index contributed by atoms with van der Waals surface area (Å²) in [5.41, 5.74) is 0.688. The fourth-order valence-corrected chi connectivity index (χ4v) is 4.17. The molecule has 166 valence electrons. The highest BCUT2D eigenvalue weighted by molar-refractivity contribution is 5.94. The summed E-state index contributed by atoms with van der Waals surface area (Å²) in [6, 6.07) is 11.3. The number of hydrogen-bond donors (Lipinski definition) is 0. The molecule has 0 atom stereocenters. The van der Waals surface area contributed by atoms with Gasteiger partial charge in [-0.25, -0.2) is 0 Å². The van der Waals surface area contributed by atoms with E-state index in [0.29, 0.717) is 24.5 Å². The number of amides is 1. The van der Waals surface area contributed by atoms with Gasteiger partial charge in [-0.05, 0) is 69.9 Å². The number of aromatic nitrogens is 2. The first-order valence-electron chi connectivity index (χ1n) is 11.4. The van der Waals surface area contributed by atoms with E-state index in [-0.39, 0.29) is 18.1 Å². The van der Waals surface area contributed by atoms with Crippen molar-refractivity contribution in [1.29, 1.82) is 0 Å². The molecule has 1 aromatic heterocycles. The third-order valence-corrected chi connectivity index (χ3v) is 5.83. The minimum absolute atomic E-state index is 0.0538. The Morgan fingerprint density at radius 2 is 1.65 bits per heavy atom. The van der Waals surface area contributed by atoms with Crippen molar-refractivity contribution in [3.05, 3.63) is 42.0 Å². The zero-order valence-electron chi connectivity index (χ0n) is 18.5. The van der Waals surface area contributed by atoms with E-state index in [1.54, 1.807) is 0 Å². The molecule has 0 N–H and O–H groups in total. The molecule has 0 radical (unpaired) electrons. The van der Waals surface area contributed by atoms with E-state index in [4.69, 9.17) is 9.47 Å². The smallest absolute Gasteiger partial charge is 0.253 e. The number of carbonyl (C=O) groups excluding carboxylic acids is 1. The molecule has 2 aromatic rings. The van der Waals surface area contributed by atoms with Gasteiger partial charge in [-0.3, -0.25) is 4.79 Å². The van der Waals surface area contributed by atoms with Crippen LogP contribution in [-0.4, -0.2) is 59.4 Å². The van der Waals surface area contributed by atoms with Crippen LogP contribution in [0, 0.1) is 0 Å². The zero-order chi connectivity index (χ0) is 21.6. The Hall–Kier alpha value is -2.83. The van der Waals surface area contributed by atoms with Crippen molar-refractivity contribution in [2.24, 2.45) is 0 Å². The van der Waals surface area contributed by atoms with E-state index in [9.17, 15) is 4.79 Å². The average Bonchev–Trinajstić information content (AvgIpc) is 2.80. The number of ether oxygens (including phenoxy) is 2. The second-order valence-electron chi connectivity index (χ2n) is 8.58. The van der Waals surface area contributed by atoms with Gasteiger partial charge in [0.2, 0.25) is 5.88 Å². The molecule has 1 saturated heterocycles. The molecule has 1 saturated carbocycles. The van der Waals surface area contributed by atoms with Crippen LogP contribution in [0.3, 0.4) is 0 Å².